The molecule has 2 nitrogen and oxygen atoms in total. The van der Waals surface area contributed by atoms with E-state index in [-0.39, 0.29) is 0 Å². The largest absolute Gasteiger partial charge is 0.390 e. The summed E-state index contributed by atoms with van der Waals surface area (Å²) in [6, 6.07) is 6.60. The topological polar surface area (TPSA) is 29.5 Å². The third-order valence-corrected chi connectivity index (χ3v) is 3.92. The molecule has 1 atom stereocenters. The molecule has 0 spiro atoms. The summed E-state index contributed by atoms with van der Waals surface area (Å²) in [6.07, 6.45) is 3.86. The number of aliphatic hydroxyl groups is 1. The highest BCUT2D eigenvalue weighted by Crippen LogP contribution is 2.25. The lowest BCUT2D eigenvalue weighted by atomic mass is 9.93. The van der Waals surface area contributed by atoms with Crippen LogP contribution in [0, 0.1) is 0 Å². The van der Waals surface area contributed by atoms with E-state index >= 15 is 0 Å². The zero-order valence-corrected chi connectivity index (χ0v) is 11.0. The Balaban J connectivity index is 2.09. The minimum Gasteiger partial charge on any atom is -0.390 e. The minimum absolute atomic E-state index is 0.466. The molecule has 17 heavy (non-hydrogen) atoms. The Kier molecular flexibility index (Phi) is 3.55. The first-order valence-corrected chi connectivity index (χ1v) is 6.37. The molecule has 0 radical (unpaired) electrons. The van der Waals surface area contributed by atoms with E-state index in [0.29, 0.717) is 6.42 Å². The quantitative estimate of drug-likeness (QED) is 0.867. The molecular weight excluding hydrogens is 212 g/mol. The van der Waals surface area contributed by atoms with Gasteiger partial charge in [-0.2, -0.15) is 0 Å². The molecule has 0 heterocycles. The maximum Gasteiger partial charge on any atom is 0.0883 e. The predicted octanol–water partition coefficient (Wildman–Crippen LogP) is 2.50. The molecule has 94 valence electrons. The fraction of sp³-hybridized carbons (Fsp3) is 0.600. The van der Waals surface area contributed by atoms with E-state index in [1.54, 1.807) is 7.11 Å². The molecule has 0 aromatic heterocycles. The number of hydrogen-bond donors (Lipinski definition) is 1. The molecule has 0 bridgehead atoms. The molecule has 2 rings (SSSR count). The zero-order chi connectivity index (χ0) is 12.5. The van der Waals surface area contributed by atoms with Gasteiger partial charge in [0.05, 0.1) is 11.7 Å². The Labute approximate surface area is 104 Å². The van der Waals surface area contributed by atoms with Crippen LogP contribution in [0.2, 0.25) is 0 Å². The summed E-state index contributed by atoms with van der Waals surface area (Å²) in [5.41, 5.74) is 3.67. The second-order valence-electron chi connectivity index (χ2n) is 5.48. The first kappa shape index (κ1) is 12.6. The van der Waals surface area contributed by atoms with Crippen molar-refractivity contribution in [1.29, 1.82) is 0 Å². The van der Waals surface area contributed by atoms with E-state index < -0.39 is 11.7 Å². The standard InChI is InChI=1S/C15H22O2/c1-15(2,17-3)14(16)10-11-7-8-12-5-4-6-13(12)9-11/h7-9,14,16H,4-6,10H2,1-3H3. The fourth-order valence-electron chi connectivity index (χ4n) is 2.36. The van der Waals surface area contributed by atoms with E-state index in [1.165, 1.54) is 36.0 Å². The number of hydrogen-bond acceptors (Lipinski definition) is 2. The zero-order valence-electron chi connectivity index (χ0n) is 11.0. The Hall–Kier alpha value is -0.860. The summed E-state index contributed by atoms with van der Waals surface area (Å²) < 4.78 is 5.31. The molecule has 0 saturated heterocycles. The summed E-state index contributed by atoms with van der Waals surface area (Å²) in [7, 11) is 1.64. The van der Waals surface area contributed by atoms with E-state index in [4.69, 9.17) is 4.74 Å². The molecule has 1 N–H and O–H groups in total. The summed E-state index contributed by atoms with van der Waals surface area (Å²) in [5, 5.41) is 10.2. The highest BCUT2D eigenvalue weighted by atomic mass is 16.5. The Morgan fingerprint density at radius 2 is 2.00 bits per heavy atom. The summed E-state index contributed by atoms with van der Waals surface area (Å²) in [6.45, 7) is 3.84. The SMILES string of the molecule is COC(C)(C)C(O)Cc1ccc2c(c1)CCC2. The van der Waals surface area contributed by atoms with Crippen LogP contribution < -0.4 is 0 Å². The number of benzene rings is 1. The molecule has 1 unspecified atom stereocenters. The van der Waals surface area contributed by atoms with E-state index in [2.05, 4.69) is 18.2 Å². The molecule has 0 saturated carbocycles. The van der Waals surface area contributed by atoms with Crippen molar-refractivity contribution in [3.8, 4) is 0 Å². The second-order valence-corrected chi connectivity index (χ2v) is 5.48. The molecule has 0 aliphatic heterocycles. The van der Waals surface area contributed by atoms with E-state index in [9.17, 15) is 5.11 Å². The molecule has 1 aliphatic rings. The summed E-state index contributed by atoms with van der Waals surface area (Å²) in [4.78, 5) is 0. The fourth-order valence-corrected chi connectivity index (χ4v) is 2.36. The van der Waals surface area contributed by atoms with Crippen molar-refractivity contribution in [1.82, 2.24) is 0 Å². The van der Waals surface area contributed by atoms with Gasteiger partial charge in [-0.05, 0) is 49.8 Å². The van der Waals surface area contributed by atoms with E-state index in [1.807, 2.05) is 13.8 Å². The monoisotopic (exact) mass is 234 g/mol. The Morgan fingerprint density at radius 3 is 2.71 bits per heavy atom. The first-order valence-electron chi connectivity index (χ1n) is 6.37. The van der Waals surface area contributed by atoms with Crippen molar-refractivity contribution < 1.29 is 9.84 Å². The Morgan fingerprint density at radius 1 is 1.29 bits per heavy atom. The van der Waals surface area contributed by atoms with Gasteiger partial charge in [-0.1, -0.05) is 18.2 Å². The maximum absolute atomic E-state index is 10.2. The molecule has 0 fully saturated rings. The van der Waals surface area contributed by atoms with Crippen LogP contribution >= 0.6 is 0 Å². The molecule has 2 heteroatoms. The van der Waals surface area contributed by atoms with Gasteiger partial charge in [0.1, 0.15) is 0 Å². The average molecular weight is 234 g/mol. The van der Waals surface area contributed by atoms with Crippen LogP contribution in [-0.4, -0.2) is 23.9 Å². The molecular formula is C15H22O2. The lowest BCUT2D eigenvalue weighted by molar-refractivity contribution is -0.0765. The van der Waals surface area contributed by atoms with Crippen molar-refractivity contribution in [2.24, 2.45) is 0 Å². The van der Waals surface area contributed by atoms with Crippen LogP contribution in [0.5, 0.6) is 0 Å². The second kappa shape index (κ2) is 4.79. The van der Waals surface area contributed by atoms with Crippen LogP contribution in [0.4, 0.5) is 0 Å². The number of ether oxygens (including phenoxy) is 1. The molecule has 1 aliphatic carbocycles. The first-order chi connectivity index (χ1) is 8.03. The van der Waals surface area contributed by atoms with Crippen LogP contribution in [0.25, 0.3) is 0 Å². The van der Waals surface area contributed by atoms with Gasteiger partial charge in [-0.3, -0.25) is 0 Å². The number of methoxy groups -OCH3 is 1. The van der Waals surface area contributed by atoms with Crippen molar-refractivity contribution in [2.45, 2.75) is 51.2 Å². The lowest BCUT2D eigenvalue weighted by Gasteiger charge is -2.29. The van der Waals surface area contributed by atoms with Gasteiger partial charge in [-0.25, -0.2) is 0 Å². The van der Waals surface area contributed by atoms with Crippen molar-refractivity contribution in [3.63, 3.8) is 0 Å². The van der Waals surface area contributed by atoms with Gasteiger partial charge in [0.25, 0.3) is 0 Å². The number of rotatable bonds is 4. The number of fused-ring (bicyclic) bond motifs is 1. The smallest absolute Gasteiger partial charge is 0.0883 e. The van der Waals surface area contributed by atoms with Crippen LogP contribution in [0.1, 0.15) is 37.0 Å². The number of aryl methyl sites for hydroxylation is 2. The number of aliphatic hydroxyl groups excluding tert-OH is 1. The third kappa shape index (κ3) is 2.70. The normalized spacial score (nSPS) is 16.9. The van der Waals surface area contributed by atoms with Crippen LogP contribution in [0.3, 0.4) is 0 Å². The van der Waals surface area contributed by atoms with E-state index in [0.717, 1.165) is 0 Å². The van der Waals surface area contributed by atoms with Gasteiger partial charge >= 0.3 is 0 Å². The predicted molar refractivity (Wildman–Crippen MR) is 69.3 cm³/mol. The summed E-state index contributed by atoms with van der Waals surface area (Å²) in [5.74, 6) is 0. The van der Waals surface area contributed by atoms with Crippen molar-refractivity contribution in [3.05, 3.63) is 34.9 Å². The minimum atomic E-state index is -0.487. The highest BCUT2D eigenvalue weighted by Gasteiger charge is 2.27. The van der Waals surface area contributed by atoms with Gasteiger partial charge < -0.3 is 9.84 Å². The maximum atomic E-state index is 10.2. The highest BCUT2D eigenvalue weighted by molar-refractivity contribution is 5.35. The summed E-state index contributed by atoms with van der Waals surface area (Å²) >= 11 is 0. The van der Waals surface area contributed by atoms with Crippen molar-refractivity contribution >= 4 is 0 Å². The molecule has 1 aromatic carbocycles. The van der Waals surface area contributed by atoms with Gasteiger partial charge in [-0.15, -0.1) is 0 Å². The Bertz CT molecular complexity index is 396. The molecule has 0 amide bonds. The third-order valence-electron chi connectivity index (χ3n) is 3.92. The van der Waals surface area contributed by atoms with Gasteiger partial charge in [0, 0.05) is 13.5 Å². The average Bonchev–Trinajstić information content (AvgIpc) is 2.76. The van der Waals surface area contributed by atoms with Gasteiger partial charge in [0.2, 0.25) is 0 Å². The van der Waals surface area contributed by atoms with Crippen LogP contribution in [-0.2, 0) is 24.0 Å². The van der Waals surface area contributed by atoms with Gasteiger partial charge in [0.15, 0.2) is 0 Å². The molecule has 1 aromatic rings. The van der Waals surface area contributed by atoms with Crippen LogP contribution in [0.15, 0.2) is 18.2 Å². The van der Waals surface area contributed by atoms with Crippen molar-refractivity contribution in [2.75, 3.05) is 7.11 Å². The lowest BCUT2D eigenvalue weighted by Crippen LogP contribution is -2.39.